The van der Waals surface area contributed by atoms with E-state index in [-0.39, 0.29) is 18.3 Å². The highest BCUT2D eigenvalue weighted by atomic mass is 35.5. The lowest BCUT2D eigenvalue weighted by atomic mass is 10.1. The summed E-state index contributed by atoms with van der Waals surface area (Å²) in [5, 5.41) is 14.6. The van der Waals surface area contributed by atoms with Crippen LogP contribution in [0.2, 0.25) is 0 Å². The first-order valence-corrected chi connectivity index (χ1v) is 6.50. The molecule has 5 N–H and O–H groups in total. The molecule has 1 aromatic carbocycles. The molecule has 0 saturated carbocycles. The van der Waals surface area contributed by atoms with Gasteiger partial charge in [0.2, 0.25) is 5.91 Å². The van der Waals surface area contributed by atoms with Crippen molar-refractivity contribution in [2.24, 2.45) is 5.73 Å². The molecule has 0 fully saturated rings. The summed E-state index contributed by atoms with van der Waals surface area (Å²) in [6, 6.07) is 4.04. The van der Waals surface area contributed by atoms with Crippen LogP contribution in [0.25, 0.3) is 0 Å². The molecule has 2 atom stereocenters. The average Bonchev–Trinajstić information content (AvgIpc) is 2.40. The van der Waals surface area contributed by atoms with E-state index in [1.54, 1.807) is 25.1 Å². The third kappa shape index (κ3) is 5.00. The number of carbonyl (C=O) groups is 2. The molecule has 0 aromatic heterocycles. The predicted octanol–water partition coefficient (Wildman–Crippen LogP) is 0.813. The number of aliphatic hydroxyl groups excluding tert-OH is 1. The van der Waals surface area contributed by atoms with Gasteiger partial charge in [0.1, 0.15) is 6.04 Å². The number of nitrogens with one attached hydrogen (secondary N) is 2. The fourth-order valence-electron chi connectivity index (χ4n) is 1.71. The molecule has 2 amide bonds. The van der Waals surface area contributed by atoms with Crippen molar-refractivity contribution in [3.8, 4) is 0 Å². The van der Waals surface area contributed by atoms with Crippen molar-refractivity contribution in [2.75, 3.05) is 11.9 Å². The first kappa shape index (κ1) is 19.4. The highest BCUT2D eigenvalue weighted by Gasteiger charge is 2.20. The average molecular weight is 316 g/mol. The minimum atomic E-state index is -1.01. The van der Waals surface area contributed by atoms with Crippen molar-refractivity contribution >= 4 is 29.9 Å². The Morgan fingerprint density at radius 3 is 2.52 bits per heavy atom. The summed E-state index contributed by atoms with van der Waals surface area (Å²) in [6.07, 6.45) is -0.943. The third-order valence-corrected chi connectivity index (χ3v) is 3.00. The molecule has 0 radical (unpaired) electrons. The lowest BCUT2D eigenvalue weighted by molar-refractivity contribution is -0.119. The summed E-state index contributed by atoms with van der Waals surface area (Å²) in [5.41, 5.74) is 7.22. The molecule has 7 heteroatoms. The van der Waals surface area contributed by atoms with E-state index in [2.05, 4.69) is 10.6 Å². The van der Waals surface area contributed by atoms with Crippen molar-refractivity contribution in [3.63, 3.8) is 0 Å². The predicted molar refractivity (Wildman–Crippen MR) is 84.7 cm³/mol. The van der Waals surface area contributed by atoms with Gasteiger partial charge in [-0.2, -0.15) is 0 Å². The van der Waals surface area contributed by atoms with Gasteiger partial charge in [0, 0.05) is 17.8 Å². The lowest BCUT2D eigenvalue weighted by Crippen LogP contribution is -2.43. The minimum absolute atomic E-state index is 0. The second-order valence-corrected chi connectivity index (χ2v) is 4.59. The van der Waals surface area contributed by atoms with Crippen LogP contribution in [0.15, 0.2) is 18.2 Å². The monoisotopic (exact) mass is 315 g/mol. The van der Waals surface area contributed by atoms with E-state index in [9.17, 15) is 14.7 Å². The van der Waals surface area contributed by atoms with Gasteiger partial charge in [-0.3, -0.25) is 9.59 Å². The fourth-order valence-corrected chi connectivity index (χ4v) is 1.71. The van der Waals surface area contributed by atoms with Crippen molar-refractivity contribution in [3.05, 3.63) is 29.3 Å². The third-order valence-electron chi connectivity index (χ3n) is 3.00. The topological polar surface area (TPSA) is 104 Å². The maximum absolute atomic E-state index is 11.9. The molecule has 0 heterocycles. The molecule has 1 rings (SSSR count). The van der Waals surface area contributed by atoms with Crippen LogP contribution < -0.4 is 16.4 Å². The van der Waals surface area contributed by atoms with Gasteiger partial charge in [0.05, 0.1) is 6.10 Å². The maximum atomic E-state index is 11.9. The number of carbonyl (C=O) groups excluding carboxylic acids is 2. The number of benzene rings is 1. The Kier molecular flexibility index (Phi) is 7.94. The second kappa shape index (κ2) is 8.61. The summed E-state index contributed by atoms with van der Waals surface area (Å²) in [7, 11) is 0. The van der Waals surface area contributed by atoms with Crippen LogP contribution in [0.4, 0.5) is 5.69 Å². The molecule has 0 aliphatic carbocycles. The van der Waals surface area contributed by atoms with Gasteiger partial charge in [0.15, 0.2) is 0 Å². The summed E-state index contributed by atoms with van der Waals surface area (Å²) in [4.78, 5) is 23.7. The van der Waals surface area contributed by atoms with Gasteiger partial charge in [0.25, 0.3) is 5.91 Å². The SMILES string of the molecule is CCNC(=O)c1cccc(NC(=O)[C@@H](N)[C@@H](C)O)c1C.Cl. The Labute approximate surface area is 130 Å². The molecule has 118 valence electrons. The zero-order chi connectivity index (χ0) is 15.3. The molecular formula is C14H22ClN3O3. The molecule has 0 bridgehead atoms. The Bertz CT molecular complexity index is 506. The molecule has 0 unspecified atom stereocenters. The van der Waals surface area contributed by atoms with Crippen LogP contribution in [-0.4, -0.2) is 35.6 Å². The van der Waals surface area contributed by atoms with Gasteiger partial charge in [-0.15, -0.1) is 12.4 Å². The van der Waals surface area contributed by atoms with Crippen LogP contribution in [0.3, 0.4) is 0 Å². The van der Waals surface area contributed by atoms with Crippen LogP contribution in [-0.2, 0) is 4.79 Å². The first-order chi connectivity index (χ1) is 9.38. The number of halogens is 1. The van der Waals surface area contributed by atoms with E-state index in [0.29, 0.717) is 23.4 Å². The Morgan fingerprint density at radius 2 is 2.00 bits per heavy atom. The molecule has 0 aliphatic rings. The number of rotatable bonds is 5. The first-order valence-electron chi connectivity index (χ1n) is 6.50. The summed E-state index contributed by atoms with van der Waals surface area (Å²) >= 11 is 0. The Balaban J connectivity index is 0.00000400. The van der Waals surface area contributed by atoms with E-state index in [0.717, 1.165) is 0 Å². The van der Waals surface area contributed by atoms with Crippen molar-refractivity contribution < 1.29 is 14.7 Å². The second-order valence-electron chi connectivity index (χ2n) is 4.59. The van der Waals surface area contributed by atoms with Gasteiger partial charge in [-0.1, -0.05) is 6.07 Å². The minimum Gasteiger partial charge on any atom is -0.391 e. The highest BCUT2D eigenvalue weighted by Crippen LogP contribution is 2.19. The summed E-state index contributed by atoms with van der Waals surface area (Å²) in [5.74, 6) is -0.683. The van der Waals surface area contributed by atoms with Crippen molar-refractivity contribution in [1.29, 1.82) is 0 Å². The molecule has 0 saturated heterocycles. The van der Waals surface area contributed by atoms with E-state index in [4.69, 9.17) is 5.73 Å². The van der Waals surface area contributed by atoms with Gasteiger partial charge in [-0.25, -0.2) is 0 Å². The number of hydrogen-bond acceptors (Lipinski definition) is 4. The van der Waals surface area contributed by atoms with E-state index in [1.165, 1.54) is 6.92 Å². The lowest BCUT2D eigenvalue weighted by Gasteiger charge is -2.17. The smallest absolute Gasteiger partial charge is 0.251 e. The number of anilines is 1. The number of amides is 2. The zero-order valence-electron chi connectivity index (χ0n) is 12.3. The van der Waals surface area contributed by atoms with Crippen molar-refractivity contribution in [1.82, 2.24) is 5.32 Å². The normalized spacial score (nSPS) is 12.8. The maximum Gasteiger partial charge on any atom is 0.251 e. The zero-order valence-corrected chi connectivity index (χ0v) is 13.2. The van der Waals surface area contributed by atoms with E-state index >= 15 is 0 Å². The Morgan fingerprint density at radius 1 is 1.38 bits per heavy atom. The van der Waals surface area contributed by atoms with Crippen molar-refractivity contribution in [2.45, 2.75) is 32.9 Å². The number of aliphatic hydroxyl groups is 1. The molecule has 6 nitrogen and oxygen atoms in total. The Hall–Kier alpha value is -1.63. The molecular weight excluding hydrogens is 294 g/mol. The molecule has 0 spiro atoms. The largest absolute Gasteiger partial charge is 0.391 e. The van der Waals surface area contributed by atoms with Crippen LogP contribution in [0.1, 0.15) is 29.8 Å². The van der Waals surface area contributed by atoms with E-state index < -0.39 is 18.1 Å². The molecule has 21 heavy (non-hydrogen) atoms. The van der Waals surface area contributed by atoms with Crippen LogP contribution >= 0.6 is 12.4 Å². The van der Waals surface area contributed by atoms with Gasteiger partial charge in [-0.05, 0) is 38.5 Å². The molecule has 0 aliphatic heterocycles. The number of nitrogens with two attached hydrogens (primary N) is 1. The van der Waals surface area contributed by atoms with Gasteiger partial charge >= 0.3 is 0 Å². The summed E-state index contributed by atoms with van der Waals surface area (Å²) < 4.78 is 0. The van der Waals surface area contributed by atoms with Gasteiger partial charge < -0.3 is 21.5 Å². The summed E-state index contributed by atoms with van der Waals surface area (Å²) in [6.45, 7) is 5.55. The molecule has 1 aromatic rings. The fraction of sp³-hybridized carbons (Fsp3) is 0.429. The van der Waals surface area contributed by atoms with Crippen LogP contribution in [0.5, 0.6) is 0 Å². The van der Waals surface area contributed by atoms with Crippen LogP contribution in [0, 0.1) is 6.92 Å². The number of hydrogen-bond donors (Lipinski definition) is 4. The standard InChI is InChI=1S/C14H21N3O3.ClH/c1-4-16-13(19)10-6-5-7-11(8(10)2)17-14(20)12(15)9(3)18;/h5-7,9,12,18H,4,15H2,1-3H3,(H,16,19)(H,17,20);1H/t9-,12+;/m1./s1. The van der Waals surface area contributed by atoms with E-state index in [1.807, 2.05) is 6.92 Å². The highest BCUT2D eigenvalue weighted by molar-refractivity contribution is 6.00. The quantitative estimate of drug-likeness (QED) is 0.645.